The Morgan fingerprint density at radius 3 is 2.57 bits per heavy atom. The molecule has 1 aliphatic heterocycles. The van der Waals surface area contributed by atoms with E-state index >= 15 is 0 Å². The van der Waals surface area contributed by atoms with Crippen molar-refractivity contribution in [3.8, 4) is 5.69 Å². The van der Waals surface area contributed by atoms with Gasteiger partial charge in [-0.15, -0.1) is 0 Å². The highest BCUT2D eigenvalue weighted by Crippen LogP contribution is 2.27. The Morgan fingerprint density at radius 2 is 1.86 bits per heavy atom. The van der Waals surface area contributed by atoms with E-state index in [0.717, 1.165) is 0 Å². The van der Waals surface area contributed by atoms with Crippen LogP contribution < -0.4 is 4.90 Å². The molecule has 0 spiro atoms. The first-order valence-electron chi connectivity index (χ1n) is 8.68. The lowest BCUT2D eigenvalue weighted by atomic mass is 10.2. The van der Waals surface area contributed by atoms with Crippen LogP contribution >= 0.6 is 23.2 Å². The number of pyridine rings is 1. The highest BCUT2D eigenvalue weighted by atomic mass is 35.5. The van der Waals surface area contributed by atoms with Crippen LogP contribution in [0, 0.1) is 5.82 Å². The molecule has 0 bridgehead atoms. The first-order valence-corrected chi connectivity index (χ1v) is 9.44. The van der Waals surface area contributed by atoms with Crippen molar-refractivity contribution in [2.75, 3.05) is 31.1 Å². The molecule has 1 amide bonds. The number of benzene rings is 1. The van der Waals surface area contributed by atoms with E-state index in [4.69, 9.17) is 23.2 Å². The largest absolute Gasteiger partial charge is 0.352 e. The molecule has 144 valence electrons. The van der Waals surface area contributed by atoms with E-state index in [1.54, 1.807) is 41.6 Å². The van der Waals surface area contributed by atoms with Crippen molar-refractivity contribution in [2.24, 2.45) is 0 Å². The Morgan fingerprint density at radius 1 is 1.07 bits per heavy atom. The summed E-state index contributed by atoms with van der Waals surface area (Å²) in [6, 6.07) is 9.34. The Balaban J connectivity index is 1.43. The summed E-state index contributed by atoms with van der Waals surface area (Å²) in [4.78, 5) is 20.8. The van der Waals surface area contributed by atoms with Crippen molar-refractivity contribution in [1.82, 2.24) is 19.7 Å². The summed E-state index contributed by atoms with van der Waals surface area (Å²) in [5.74, 6) is 0.144. The molecule has 9 heteroatoms. The van der Waals surface area contributed by atoms with Gasteiger partial charge in [-0.2, -0.15) is 5.10 Å². The maximum Gasteiger partial charge on any atom is 0.274 e. The van der Waals surface area contributed by atoms with E-state index in [1.165, 1.54) is 16.8 Å². The average molecular weight is 420 g/mol. The van der Waals surface area contributed by atoms with Crippen LogP contribution in [0.4, 0.5) is 10.2 Å². The molecule has 1 fully saturated rings. The Kier molecular flexibility index (Phi) is 5.19. The minimum absolute atomic E-state index is 0.162. The van der Waals surface area contributed by atoms with Crippen molar-refractivity contribution >= 4 is 34.9 Å². The van der Waals surface area contributed by atoms with Crippen LogP contribution in [0.3, 0.4) is 0 Å². The number of hydrogen-bond donors (Lipinski definition) is 0. The summed E-state index contributed by atoms with van der Waals surface area (Å²) in [6.45, 7) is 2.24. The molecule has 4 rings (SSSR count). The van der Waals surface area contributed by atoms with Crippen LogP contribution in [0.15, 0.2) is 48.8 Å². The van der Waals surface area contributed by atoms with E-state index in [-0.39, 0.29) is 11.7 Å². The van der Waals surface area contributed by atoms with Crippen LogP contribution in [0.2, 0.25) is 10.0 Å². The lowest BCUT2D eigenvalue weighted by Crippen LogP contribution is -2.49. The number of rotatable bonds is 3. The molecule has 28 heavy (non-hydrogen) atoms. The van der Waals surface area contributed by atoms with Gasteiger partial charge in [-0.1, -0.05) is 29.3 Å². The summed E-state index contributed by atoms with van der Waals surface area (Å²) in [5.41, 5.74) is 0.882. The van der Waals surface area contributed by atoms with Gasteiger partial charge in [0.1, 0.15) is 11.6 Å². The number of piperazine rings is 1. The van der Waals surface area contributed by atoms with Gasteiger partial charge in [-0.25, -0.2) is 14.1 Å². The van der Waals surface area contributed by atoms with Crippen molar-refractivity contribution < 1.29 is 9.18 Å². The molecule has 1 aromatic carbocycles. The van der Waals surface area contributed by atoms with Gasteiger partial charge in [0, 0.05) is 38.6 Å². The third-order valence-electron chi connectivity index (χ3n) is 4.54. The number of nitrogens with zero attached hydrogens (tertiary/aromatic N) is 5. The van der Waals surface area contributed by atoms with E-state index < -0.39 is 0 Å². The standard InChI is InChI=1S/C19H16Cl2FN5O/c20-13-10-16(21)18(23-12-13)25-6-8-26(9-7-25)19(28)17-4-5-27(24-17)15-3-1-2-14(22)11-15/h1-5,10-12H,6-9H2. The van der Waals surface area contributed by atoms with Crippen LogP contribution in [0.25, 0.3) is 5.69 Å². The van der Waals surface area contributed by atoms with Crippen molar-refractivity contribution in [2.45, 2.75) is 0 Å². The maximum absolute atomic E-state index is 13.4. The molecule has 0 radical (unpaired) electrons. The van der Waals surface area contributed by atoms with Crippen LogP contribution in [0.5, 0.6) is 0 Å². The molecule has 6 nitrogen and oxygen atoms in total. The van der Waals surface area contributed by atoms with Crippen LogP contribution in [-0.2, 0) is 0 Å². The normalized spacial score (nSPS) is 14.4. The fraction of sp³-hybridized carbons (Fsp3) is 0.211. The number of carbonyl (C=O) groups excluding carboxylic acids is 1. The summed E-state index contributed by atoms with van der Waals surface area (Å²) < 4.78 is 14.9. The average Bonchev–Trinajstić information content (AvgIpc) is 3.18. The molecule has 2 aromatic heterocycles. The summed E-state index contributed by atoms with van der Waals surface area (Å²) in [6.07, 6.45) is 3.20. The minimum atomic E-state index is -0.355. The van der Waals surface area contributed by atoms with Gasteiger partial charge >= 0.3 is 0 Å². The smallest absolute Gasteiger partial charge is 0.274 e. The summed E-state index contributed by atoms with van der Waals surface area (Å²) in [7, 11) is 0. The first-order chi connectivity index (χ1) is 13.5. The highest BCUT2D eigenvalue weighted by molar-refractivity contribution is 6.36. The van der Waals surface area contributed by atoms with Gasteiger partial charge in [0.05, 0.1) is 15.7 Å². The third kappa shape index (κ3) is 3.81. The molecular formula is C19H16Cl2FN5O. The maximum atomic E-state index is 13.4. The Hall–Kier alpha value is -2.64. The second kappa shape index (κ2) is 7.77. The van der Waals surface area contributed by atoms with Crippen LogP contribution in [0.1, 0.15) is 10.5 Å². The predicted molar refractivity (Wildman–Crippen MR) is 106 cm³/mol. The zero-order chi connectivity index (χ0) is 19.7. The minimum Gasteiger partial charge on any atom is -0.352 e. The van der Waals surface area contributed by atoms with Crippen molar-refractivity contribution in [3.63, 3.8) is 0 Å². The number of carbonyl (C=O) groups is 1. The van der Waals surface area contributed by atoms with Gasteiger partial charge in [0.15, 0.2) is 5.69 Å². The number of amides is 1. The molecule has 3 aromatic rings. The molecule has 0 aliphatic carbocycles. The van der Waals surface area contributed by atoms with Gasteiger partial charge < -0.3 is 9.80 Å². The lowest BCUT2D eigenvalue weighted by Gasteiger charge is -2.35. The van der Waals surface area contributed by atoms with Gasteiger partial charge in [-0.05, 0) is 30.3 Å². The second-order valence-electron chi connectivity index (χ2n) is 6.36. The molecule has 1 aliphatic rings. The van der Waals surface area contributed by atoms with Gasteiger partial charge in [-0.3, -0.25) is 4.79 Å². The Bertz CT molecular complexity index is 1020. The first kappa shape index (κ1) is 18.7. The second-order valence-corrected chi connectivity index (χ2v) is 7.21. The third-order valence-corrected chi connectivity index (χ3v) is 5.02. The highest BCUT2D eigenvalue weighted by Gasteiger charge is 2.25. The molecule has 1 saturated heterocycles. The topological polar surface area (TPSA) is 54.3 Å². The van der Waals surface area contributed by atoms with Gasteiger partial charge in [0.2, 0.25) is 0 Å². The molecule has 0 N–H and O–H groups in total. The van der Waals surface area contributed by atoms with E-state index in [9.17, 15) is 9.18 Å². The van der Waals surface area contributed by atoms with Crippen LogP contribution in [-0.4, -0.2) is 51.8 Å². The van der Waals surface area contributed by atoms with Crippen molar-refractivity contribution in [3.05, 3.63) is 70.3 Å². The Labute approximate surface area is 171 Å². The molecular weight excluding hydrogens is 404 g/mol. The number of hydrogen-bond acceptors (Lipinski definition) is 4. The monoisotopic (exact) mass is 419 g/mol. The molecule has 3 heterocycles. The zero-order valence-corrected chi connectivity index (χ0v) is 16.2. The molecule has 0 atom stereocenters. The SMILES string of the molecule is O=C(c1ccn(-c2cccc(F)c2)n1)N1CCN(c2ncc(Cl)cc2Cl)CC1. The summed E-state index contributed by atoms with van der Waals surface area (Å²) in [5, 5.41) is 5.26. The number of aromatic nitrogens is 3. The fourth-order valence-electron chi connectivity index (χ4n) is 3.12. The lowest BCUT2D eigenvalue weighted by molar-refractivity contribution is 0.0740. The van der Waals surface area contributed by atoms with E-state index in [2.05, 4.69) is 10.1 Å². The summed E-state index contributed by atoms with van der Waals surface area (Å²) >= 11 is 12.1. The molecule has 0 saturated carbocycles. The van der Waals surface area contributed by atoms with Crippen molar-refractivity contribution in [1.29, 1.82) is 0 Å². The molecule has 0 unspecified atom stereocenters. The predicted octanol–water partition coefficient (Wildman–Crippen LogP) is 3.68. The number of halogens is 3. The van der Waals surface area contributed by atoms with E-state index in [0.29, 0.717) is 53.4 Å². The van der Waals surface area contributed by atoms with E-state index in [1.807, 2.05) is 4.90 Å². The number of anilines is 1. The van der Waals surface area contributed by atoms with Gasteiger partial charge in [0.25, 0.3) is 5.91 Å². The fourth-order valence-corrected chi connectivity index (χ4v) is 3.62. The zero-order valence-electron chi connectivity index (χ0n) is 14.7. The quantitative estimate of drug-likeness (QED) is 0.649.